The van der Waals surface area contributed by atoms with E-state index in [4.69, 9.17) is 4.74 Å². The largest absolute Gasteiger partial charge is 0.493 e. The first-order chi connectivity index (χ1) is 8.34. The van der Waals surface area contributed by atoms with Crippen molar-refractivity contribution in [2.75, 3.05) is 23.9 Å². The van der Waals surface area contributed by atoms with Gasteiger partial charge >= 0.3 is 0 Å². The van der Waals surface area contributed by atoms with Crippen LogP contribution in [0.3, 0.4) is 0 Å². The van der Waals surface area contributed by atoms with Gasteiger partial charge in [-0.05, 0) is 23.3 Å². The average Bonchev–Trinajstić information content (AvgIpc) is 2.86. The summed E-state index contributed by atoms with van der Waals surface area (Å²) in [6.45, 7) is 0.781. The van der Waals surface area contributed by atoms with Crippen molar-refractivity contribution in [1.29, 1.82) is 0 Å². The molecule has 0 saturated carbocycles. The zero-order chi connectivity index (χ0) is 11.7. The quantitative estimate of drug-likeness (QED) is 0.892. The number of thioether (sulfide) groups is 2. The molecule has 2 aliphatic rings. The van der Waals surface area contributed by atoms with Gasteiger partial charge in [0.15, 0.2) is 0 Å². The van der Waals surface area contributed by atoms with Crippen LogP contribution in [0.5, 0.6) is 5.75 Å². The summed E-state index contributed by atoms with van der Waals surface area (Å²) in [6, 6.07) is 6.13. The lowest BCUT2D eigenvalue weighted by Gasteiger charge is -2.26. The summed E-state index contributed by atoms with van der Waals surface area (Å²) in [6.07, 6.45) is 0.640. The van der Waals surface area contributed by atoms with Crippen molar-refractivity contribution in [1.82, 2.24) is 0 Å². The van der Waals surface area contributed by atoms with Crippen LogP contribution in [0.2, 0.25) is 0 Å². The molecule has 0 radical (unpaired) electrons. The summed E-state index contributed by atoms with van der Waals surface area (Å²) in [7, 11) is 0. The van der Waals surface area contributed by atoms with Crippen molar-refractivity contribution < 1.29 is 9.84 Å². The fourth-order valence-corrected chi connectivity index (χ4v) is 5.05. The van der Waals surface area contributed by atoms with Gasteiger partial charge in [0.2, 0.25) is 0 Å². The fourth-order valence-electron chi connectivity index (χ4n) is 2.29. The van der Waals surface area contributed by atoms with Crippen molar-refractivity contribution in [3.05, 3.63) is 29.3 Å². The molecule has 2 heterocycles. The number of hydrogen-bond donors (Lipinski definition) is 1. The predicted octanol–water partition coefficient (Wildman–Crippen LogP) is 2.50. The molecule has 0 bridgehead atoms. The first-order valence-electron chi connectivity index (χ1n) is 5.97. The lowest BCUT2D eigenvalue weighted by atomic mass is 10.0. The highest BCUT2D eigenvalue weighted by Crippen LogP contribution is 2.35. The minimum atomic E-state index is -0.335. The third-order valence-corrected chi connectivity index (χ3v) is 6.10. The number of benzene rings is 1. The summed E-state index contributed by atoms with van der Waals surface area (Å²) in [5.74, 6) is 4.41. The van der Waals surface area contributed by atoms with Crippen LogP contribution in [0.25, 0.3) is 0 Å². The normalized spacial score (nSPS) is 25.1. The Kier molecular flexibility index (Phi) is 3.54. The summed E-state index contributed by atoms with van der Waals surface area (Å²) in [4.78, 5) is 0. The molecule has 4 heteroatoms. The van der Waals surface area contributed by atoms with E-state index in [1.165, 1.54) is 11.3 Å². The van der Waals surface area contributed by atoms with E-state index in [2.05, 4.69) is 6.07 Å². The Morgan fingerprint density at radius 1 is 1.35 bits per heavy atom. The molecule has 1 N–H and O–H groups in total. The van der Waals surface area contributed by atoms with Gasteiger partial charge in [0.05, 0.1) is 12.7 Å². The number of rotatable bonds is 2. The molecule has 0 spiro atoms. The maximum absolute atomic E-state index is 10.4. The smallest absolute Gasteiger partial charge is 0.122 e. The SMILES string of the molecule is OC(c1ccc2c(c1)CCO2)C1CSCCS1. The number of aliphatic hydroxyl groups excluding tert-OH is 1. The summed E-state index contributed by atoms with van der Waals surface area (Å²) in [5, 5.41) is 10.7. The number of ether oxygens (including phenoxy) is 1. The second kappa shape index (κ2) is 5.12. The van der Waals surface area contributed by atoms with Crippen molar-refractivity contribution in [2.24, 2.45) is 0 Å². The Balaban J connectivity index is 1.78. The zero-order valence-electron chi connectivity index (χ0n) is 9.59. The molecule has 2 nitrogen and oxygen atoms in total. The van der Waals surface area contributed by atoms with Crippen LogP contribution in [0.4, 0.5) is 0 Å². The Bertz CT molecular complexity index is 402. The highest BCUT2D eigenvalue weighted by molar-refractivity contribution is 8.06. The van der Waals surface area contributed by atoms with E-state index < -0.39 is 0 Å². The molecule has 1 aromatic rings. The molecular weight excluding hydrogens is 252 g/mol. The summed E-state index contributed by atoms with van der Waals surface area (Å²) >= 11 is 3.84. The molecule has 2 unspecified atom stereocenters. The molecule has 2 atom stereocenters. The molecule has 0 amide bonds. The van der Waals surface area contributed by atoms with Crippen molar-refractivity contribution in [3.63, 3.8) is 0 Å². The number of aliphatic hydroxyl groups is 1. The van der Waals surface area contributed by atoms with Gasteiger partial charge in [0, 0.05) is 28.9 Å². The third-order valence-electron chi connectivity index (χ3n) is 3.25. The maximum Gasteiger partial charge on any atom is 0.122 e. The van der Waals surface area contributed by atoms with E-state index in [1.54, 1.807) is 0 Å². The molecule has 3 rings (SSSR count). The Hall–Kier alpha value is -0.320. The Morgan fingerprint density at radius 3 is 3.12 bits per heavy atom. The second-order valence-electron chi connectivity index (χ2n) is 4.39. The monoisotopic (exact) mass is 268 g/mol. The Labute approximate surface area is 110 Å². The topological polar surface area (TPSA) is 29.5 Å². The fraction of sp³-hybridized carbons (Fsp3) is 0.538. The highest BCUT2D eigenvalue weighted by atomic mass is 32.2. The molecule has 2 aliphatic heterocycles. The van der Waals surface area contributed by atoms with E-state index in [1.807, 2.05) is 35.7 Å². The van der Waals surface area contributed by atoms with Crippen LogP contribution < -0.4 is 4.74 Å². The van der Waals surface area contributed by atoms with Crippen molar-refractivity contribution in [3.8, 4) is 5.75 Å². The van der Waals surface area contributed by atoms with Crippen LogP contribution in [-0.4, -0.2) is 34.2 Å². The summed E-state index contributed by atoms with van der Waals surface area (Å²) in [5.41, 5.74) is 2.30. The first-order valence-corrected chi connectivity index (χ1v) is 8.18. The second-order valence-corrected chi connectivity index (χ2v) is 6.89. The average molecular weight is 268 g/mol. The van der Waals surface area contributed by atoms with E-state index in [-0.39, 0.29) is 6.10 Å². The third kappa shape index (κ3) is 2.44. The maximum atomic E-state index is 10.4. The number of hydrogen-bond acceptors (Lipinski definition) is 4. The van der Waals surface area contributed by atoms with Crippen LogP contribution >= 0.6 is 23.5 Å². The van der Waals surface area contributed by atoms with Crippen molar-refractivity contribution in [2.45, 2.75) is 17.8 Å². The van der Waals surface area contributed by atoms with Gasteiger partial charge in [0.25, 0.3) is 0 Å². The van der Waals surface area contributed by atoms with Crippen LogP contribution in [0.15, 0.2) is 18.2 Å². The van der Waals surface area contributed by atoms with E-state index >= 15 is 0 Å². The molecule has 92 valence electrons. The minimum Gasteiger partial charge on any atom is -0.493 e. The van der Waals surface area contributed by atoms with E-state index in [0.717, 1.165) is 35.8 Å². The Morgan fingerprint density at radius 2 is 2.29 bits per heavy atom. The van der Waals surface area contributed by atoms with E-state index in [0.29, 0.717) is 5.25 Å². The molecular formula is C13H16O2S2. The molecule has 1 aromatic carbocycles. The van der Waals surface area contributed by atoms with Gasteiger partial charge in [-0.1, -0.05) is 6.07 Å². The van der Waals surface area contributed by atoms with Gasteiger partial charge in [-0.25, -0.2) is 0 Å². The van der Waals surface area contributed by atoms with E-state index in [9.17, 15) is 5.11 Å². The van der Waals surface area contributed by atoms with Crippen LogP contribution in [0.1, 0.15) is 17.2 Å². The van der Waals surface area contributed by atoms with Crippen LogP contribution in [0, 0.1) is 0 Å². The van der Waals surface area contributed by atoms with Crippen molar-refractivity contribution >= 4 is 23.5 Å². The van der Waals surface area contributed by atoms with Crippen LogP contribution in [-0.2, 0) is 6.42 Å². The van der Waals surface area contributed by atoms with Gasteiger partial charge in [-0.2, -0.15) is 23.5 Å². The lowest BCUT2D eigenvalue weighted by molar-refractivity contribution is 0.180. The molecule has 0 aliphatic carbocycles. The molecule has 1 fully saturated rings. The van der Waals surface area contributed by atoms with Gasteiger partial charge in [0.1, 0.15) is 5.75 Å². The number of fused-ring (bicyclic) bond motifs is 1. The van der Waals surface area contributed by atoms with Gasteiger partial charge < -0.3 is 9.84 Å². The standard InChI is InChI=1S/C13H16O2S2/c14-13(12-8-16-5-6-17-12)10-1-2-11-9(7-10)3-4-15-11/h1-2,7,12-14H,3-6,8H2. The zero-order valence-corrected chi connectivity index (χ0v) is 11.2. The summed E-state index contributed by atoms with van der Waals surface area (Å²) < 4.78 is 5.49. The lowest BCUT2D eigenvalue weighted by Crippen LogP contribution is -2.22. The molecule has 17 heavy (non-hydrogen) atoms. The highest BCUT2D eigenvalue weighted by Gasteiger charge is 2.25. The van der Waals surface area contributed by atoms with Gasteiger partial charge in [-0.15, -0.1) is 0 Å². The first kappa shape index (κ1) is 11.8. The van der Waals surface area contributed by atoms with Gasteiger partial charge in [-0.3, -0.25) is 0 Å². The predicted molar refractivity (Wildman–Crippen MR) is 74.2 cm³/mol. The molecule has 0 aromatic heterocycles. The molecule has 1 saturated heterocycles. The minimum absolute atomic E-state index is 0.335.